The molecule has 5 rings (SSSR count). The van der Waals surface area contributed by atoms with Crippen LogP contribution in [0.25, 0.3) is 11.3 Å². The minimum Gasteiger partial charge on any atom is -0.366 e. The zero-order valence-corrected chi connectivity index (χ0v) is 22.3. The van der Waals surface area contributed by atoms with Crippen LogP contribution in [0.4, 0.5) is 0 Å². The van der Waals surface area contributed by atoms with Crippen molar-refractivity contribution in [2.75, 3.05) is 13.1 Å². The number of amides is 2. The van der Waals surface area contributed by atoms with Crippen LogP contribution >= 0.6 is 0 Å². The van der Waals surface area contributed by atoms with Crippen LogP contribution in [0.2, 0.25) is 0 Å². The van der Waals surface area contributed by atoms with Crippen LogP contribution in [0.1, 0.15) is 55.9 Å². The number of benzene rings is 2. The quantitative estimate of drug-likeness (QED) is 0.345. The van der Waals surface area contributed by atoms with E-state index >= 15 is 0 Å². The number of aromatic nitrogens is 3. The van der Waals surface area contributed by atoms with Crippen LogP contribution in [0.3, 0.4) is 0 Å². The molecule has 0 radical (unpaired) electrons. The first-order valence-electron chi connectivity index (χ1n) is 13.3. The van der Waals surface area contributed by atoms with Crippen LogP contribution in [0, 0.1) is 22.7 Å². The van der Waals surface area contributed by atoms with E-state index in [1.165, 1.54) is 6.20 Å². The van der Waals surface area contributed by atoms with Crippen LogP contribution in [-0.4, -0.2) is 50.6 Å². The summed E-state index contributed by atoms with van der Waals surface area (Å²) >= 11 is 0. The number of carbonyl (C=O) groups excluding carboxylic acids is 2. The maximum atomic E-state index is 13.4. The molecule has 0 saturated carbocycles. The van der Waals surface area contributed by atoms with E-state index in [0.29, 0.717) is 28.9 Å². The summed E-state index contributed by atoms with van der Waals surface area (Å²) in [6.07, 6.45) is 4.68. The Labute approximate surface area is 237 Å². The van der Waals surface area contributed by atoms with Gasteiger partial charge in [0.15, 0.2) is 0 Å². The second-order valence-corrected chi connectivity index (χ2v) is 10.0. The number of pyridine rings is 1. The number of piperidine rings is 1. The number of nitriles is 2. The monoisotopic (exact) mass is 544 g/mol. The maximum Gasteiger partial charge on any atom is 0.270 e. The van der Waals surface area contributed by atoms with Gasteiger partial charge in [-0.2, -0.15) is 15.6 Å². The van der Waals surface area contributed by atoms with E-state index in [9.17, 15) is 9.59 Å². The zero-order valence-electron chi connectivity index (χ0n) is 22.3. The molecule has 2 aromatic carbocycles. The third-order valence-electron chi connectivity index (χ3n) is 7.14. The Morgan fingerprint density at radius 1 is 0.927 bits per heavy atom. The molecule has 4 aromatic rings. The van der Waals surface area contributed by atoms with Crippen molar-refractivity contribution in [1.82, 2.24) is 25.0 Å². The number of hydrogen-bond donors (Lipinski definition) is 2. The van der Waals surface area contributed by atoms with Crippen molar-refractivity contribution >= 4 is 11.8 Å². The Kier molecular flexibility index (Phi) is 8.14. The topological polar surface area (TPSA) is 154 Å². The van der Waals surface area contributed by atoms with Crippen LogP contribution in [0.5, 0.6) is 0 Å². The lowest BCUT2D eigenvalue weighted by Crippen LogP contribution is -2.44. The van der Waals surface area contributed by atoms with Gasteiger partial charge in [0.2, 0.25) is 5.91 Å². The fraction of sp³-hybridized carbons (Fsp3) is 0.226. The first-order chi connectivity index (χ1) is 19.9. The molecule has 0 unspecified atom stereocenters. The second-order valence-electron chi connectivity index (χ2n) is 10.0. The van der Waals surface area contributed by atoms with Crippen LogP contribution in [-0.2, 0) is 13.1 Å². The summed E-state index contributed by atoms with van der Waals surface area (Å²) in [7, 11) is 0. The van der Waals surface area contributed by atoms with Gasteiger partial charge in [0.05, 0.1) is 41.1 Å². The zero-order chi connectivity index (χ0) is 28.8. The number of rotatable bonds is 8. The van der Waals surface area contributed by atoms with Crippen molar-refractivity contribution in [1.29, 1.82) is 10.5 Å². The molecule has 2 aromatic heterocycles. The Balaban J connectivity index is 1.26. The van der Waals surface area contributed by atoms with Crippen LogP contribution in [0.15, 0.2) is 73.1 Å². The van der Waals surface area contributed by atoms with E-state index in [-0.39, 0.29) is 23.2 Å². The summed E-state index contributed by atoms with van der Waals surface area (Å²) in [6, 6.07) is 22.4. The van der Waals surface area contributed by atoms with Gasteiger partial charge in [0.1, 0.15) is 5.69 Å². The number of nitrogens with two attached hydrogens (primary N) is 1. The molecule has 10 nitrogen and oxygen atoms in total. The SMILES string of the molecule is N#Cc1ccc(CN2CCC(NC(=O)c3ncc(C(N)=O)cc3-c3ccn(Cc4ccc(C#N)cc4)n3)CC2)cc1. The van der Waals surface area contributed by atoms with Crippen molar-refractivity contribution < 1.29 is 9.59 Å². The Hall–Kier alpha value is -5.32. The van der Waals surface area contributed by atoms with Crippen molar-refractivity contribution in [3.63, 3.8) is 0 Å². The van der Waals surface area contributed by atoms with Gasteiger partial charge < -0.3 is 11.1 Å². The average molecular weight is 545 g/mol. The molecule has 41 heavy (non-hydrogen) atoms. The van der Waals surface area contributed by atoms with Gasteiger partial charge in [-0.15, -0.1) is 0 Å². The van der Waals surface area contributed by atoms with E-state index in [0.717, 1.165) is 43.6 Å². The molecule has 0 spiro atoms. The number of hydrogen-bond acceptors (Lipinski definition) is 7. The summed E-state index contributed by atoms with van der Waals surface area (Å²) < 4.78 is 1.72. The number of primary amides is 1. The molecule has 204 valence electrons. The van der Waals surface area contributed by atoms with Crippen molar-refractivity contribution in [2.24, 2.45) is 5.73 Å². The lowest BCUT2D eigenvalue weighted by Gasteiger charge is -2.32. The molecule has 0 bridgehead atoms. The largest absolute Gasteiger partial charge is 0.366 e. The molecule has 0 aliphatic carbocycles. The first-order valence-corrected chi connectivity index (χ1v) is 13.3. The summed E-state index contributed by atoms with van der Waals surface area (Å²) in [6.45, 7) is 2.91. The number of carbonyl (C=O) groups is 2. The van der Waals surface area contributed by atoms with E-state index in [4.69, 9.17) is 16.3 Å². The highest BCUT2D eigenvalue weighted by molar-refractivity contribution is 6.01. The van der Waals surface area contributed by atoms with Gasteiger partial charge >= 0.3 is 0 Å². The molecule has 0 atom stereocenters. The predicted molar refractivity (Wildman–Crippen MR) is 151 cm³/mol. The highest BCUT2D eigenvalue weighted by Crippen LogP contribution is 2.23. The van der Waals surface area contributed by atoms with Crippen molar-refractivity contribution in [3.05, 3.63) is 107 Å². The van der Waals surface area contributed by atoms with Gasteiger partial charge in [-0.25, -0.2) is 4.98 Å². The lowest BCUT2D eigenvalue weighted by molar-refractivity contribution is 0.0903. The fourth-order valence-electron chi connectivity index (χ4n) is 4.87. The van der Waals surface area contributed by atoms with Crippen molar-refractivity contribution in [3.8, 4) is 23.4 Å². The molecule has 2 amide bonds. The Bertz CT molecular complexity index is 1640. The summed E-state index contributed by atoms with van der Waals surface area (Å²) in [5.41, 5.74) is 10.1. The molecule has 3 N–H and O–H groups in total. The second kappa shape index (κ2) is 12.2. The van der Waals surface area contributed by atoms with Gasteiger partial charge in [-0.3, -0.25) is 19.2 Å². The minimum atomic E-state index is -0.641. The predicted octanol–water partition coefficient (Wildman–Crippen LogP) is 3.23. The van der Waals surface area contributed by atoms with E-state index < -0.39 is 5.91 Å². The summed E-state index contributed by atoms with van der Waals surface area (Å²) in [4.78, 5) is 31.9. The lowest BCUT2D eigenvalue weighted by atomic mass is 10.0. The number of nitrogens with one attached hydrogen (secondary N) is 1. The molecule has 3 heterocycles. The smallest absolute Gasteiger partial charge is 0.270 e. The number of likely N-dealkylation sites (tertiary alicyclic amines) is 1. The first kappa shape index (κ1) is 27.3. The standard InChI is InChI=1S/C31H28N8O2/c32-16-21-1-5-23(6-2-21)19-38-12-9-26(10-13-38)36-31(41)29-27(15-25(18-35-29)30(34)40)28-11-14-39(37-28)20-24-7-3-22(17-33)4-8-24/h1-8,11,14-15,18,26H,9-10,12-13,19-20H2,(H2,34,40)(H,36,41). The third-order valence-corrected chi connectivity index (χ3v) is 7.14. The van der Waals surface area contributed by atoms with E-state index in [1.807, 2.05) is 36.4 Å². The van der Waals surface area contributed by atoms with E-state index in [1.54, 1.807) is 35.1 Å². The maximum absolute atomic E-state index is 13.4. The highest BCUT2D eigenvalue weighted by atomic mass is 16.2. The Morgan fingerprint density at radius 3 is 2.12 bits per heavy atom. The molecule has 1 aliphatic rings. The minimum absolute atomic E-state index is 0.0147. The number of nitrogens with zero attached hydrogens (tertiary/aromatic N) is 6. The summed E-state index contributed by atoms with van der Waals surface area (Å²) in [5, 5.41) is 25.7. The fourth-order valence-corrected chi connectivity index (χ4v) is 4.87. The third kappa shape index (κ3) is 6.64. The Morgan fingerprint density at radius 2 is 1.54 bits per heavy atom. The molecule has 10 heteroatoms. The average Bonchev–Trinajstić information content (AvgIpc) is 3.47. The van der Waals surface area contributed by atoms with Gasteiger partial charge in [-0.05, 0) is 60.4 Å². The molecule has 1 fully saturated rings. The summed E-state index contributed by atoms with van der Waals surface area (Å²) in [5.74, 6) is -0.972. The highest BCUT2D eigenvalue weighted by Gasteiger charge is 2.24. The van der Waals surface area contributed by atoms with Crippen LogP contribution < -0.4 is 11.1 Å². The normalized spacial score (nSPS) is 13.7. The molecule has 1 aliphatic heterocycles. The van der Waals surface area contributed by atoms with E-state index in [2.05, 4.69) is 32.4 Å². The molecular formula is C31H28N8O2. The van der Waals surface area contributed by atoms with Gasteiger partial charge in [0.25, 0.3) is 5.91 Å². The molecule has 1 saturated heterocycles. The van der Waals surface area contributed by atoms with Crippen molar-refractivity contribution in [2.45, 2.75) is 32.0 Å². The van der Waals surface area contributed by atoms with Gasteiger partial charge in [-0.1, -0.05) is 24.3 Å². The molecular weight excluding hydrogens is 516 g/mol. The van der Waals surface area contributed by atoms with Gasteiger partial charge in [0, 0.05) is 43.6 Å².